The molecule has 2 heterocycles. The van der Waals surface area contributed by atoms with Gasteiger partial charge in [-0.15, -0.1) is 0 Å². The van der Waals surface area contributed by atoms with Gasteiger partial charge in [-0.2, -0.15) is 0 Å². The SMILES string of the molecule is COc1cccc(C[NH+]2CC[NH+](Cc3ccncc3)CC2)c1OC. The van der Waals surface area contributed by atoms with Crippen molar-refractivity contribution in [3.8, 4) is 11.5 Å². The third-order valence-electron chi connectivity index (χ3n) is 4.79. The van der Waals surface area contributed by atoms with E-state index in [0.29, 0.717) is 0 Å². The van der Waals surface area contributed by atoms with E-state index in [1.54, 1.807) is 24.0 Å². The second kappa shape index (κ2) is 8.13. The van der Waals surface area contributed by atoms with E-state index < -0.39 is 0 Å². The molecule has 0 bridgehead atoms. The molecule has 3 rings (SSSR count). The number of quaternary nitrogens is 2. The van der Waals surface area contributed by atoms with Gasteiger partial charge in [0.1, 0.15) is 39.3 Å². The minimum atomic E-state index is 0.816. The molecule has 1 aliphatic rings. The lowest BCUT2D eigenvalue weighted by Crippen LogP contribution is -3.27. The van der Waals surface area contributed by atoms with E-state index in [-0.39, 0.29) is 0 Å². The quantitative estimate of drug-likeness (QED) is 0.756. The number of pyridine rings is 1. The van der Waals surface area contributed by atoms with Crippen molar-refractivity contribution in [2.45, 2.75) is 13.1 Å². The van der Waals surface area contributed by atoms with Crippen molar-refractivity contribution < 1.29 is 19.3 Å². The molecule has 2 aromatic rings. The molecule has 0 amide bonds. The van der Waals surface area contributed by atoms with Gasteiger partial charge >= 0.3 is 0 Å². The third-order valence-corrected chi connectivity index (χ3v) is 4.79. The van der Waals surface area contributed by atoms with Gasteiger partial charge in [-0.1, -0.05) is 6.07 Å². The molecule has 1 aliphatic heterocycles. The topological polar surface area (TPSA) is 40.2 Å². The second-order valence-corrected chi connectivity index (χ2v) is 6.36. The van der Waals surface area contributed by atoms with Crippen molar-refractivity contribution in [2.24, 2.45) is 0 Å². The number of hydrogen-bond acceptors (Lipinski definition) is 3. The van der Waals surface area contributed by atoms with Gasteiger partial charge in [0, 0.05) is 18.0 Å². The molecule has 0 radical (unpaired) electrons. The third kappa shape index (κ3) is 4.04. The Morgan fingerprint density at radius 2 is 1.54 bits per heavy atom. The summed E-state index contributed by atoms with van der Waals surface area (Å²) in [6.07, 6.45) is 3.76. The van der Waals surface area contributed by atoms with Crippen LogP contribution in [0.25, 0.3) is 0 Å². The highest BCUT2D eigenvalue weighted by Crippen LogP contribution is 2.30. The molecule has 0 atom stereocenters. The molecule has 128 valence electrons. The van der Waals surface area contributed by atoms with Crippen LogP contribution in [0.3, 0.4) is 0 Å². The van der Waals surface area contributed by atoms with E-state index in [0.717, 1.165) is 24.6 Å². The predicted octanol–water partition coefficient (Wildman–Crippen LogP) is -0.418. The number of rotatable bonds is 6. The maximum absolute atomic E-state index is 5.56. The average Bonchev–Trinajstić information content (AvgIpc) is 2.64. The monoisotopic (exact) mass is 329 g/mol. The zero-order valence-electron chi connectivity index (χ0n) is 14.5. The largest absolute Gasteiger partial charge is 0.493 e. The molecule has 5 heteroatoms. The molecule has 0 saturated carbocycles. The zero-order chi connectivity index (χ0) is 16.8. The molecule has 0 aliphatic carbocycles. The highest BCUT2D eigenvalue weighted by molar-refractivity contribution is 5.46. The van der Waals surface area contributed by atoms with Crippen LogP contribution in [0, 0.1) is 0 Å². The summed E-state index contributed by atoms with van der Waals surface area (Å²) in [4.78, 5) is 7.36. The average molecular weight is 329 g/mol. The summed E-state index contributed by atoms with van der Waals surface area (Å²) >= 11 is 0. The van der Waals surface area contributed by atoms with E-state index in [9.17, 15) is 0 Å². The van der Waals surface area contributed by atoms with E-state index in [4.69, 9.17) is 9.47 Å². The molecule has 24 heavy (non-hydrogen) atoms. The van der Waals surface area contributed by atoms with Crippen molar-refractivity contribution in [1.82, 2.24) is 4.98 Å². The van der Waals surface area contributed by atoms with Gasteiger partial charge in [-0.05, 0) is 24.3 Å². The molecule has 2 N–H and O–H groups in total. The number of para-hydroxylation sites is 1. The van der Waals surface area contributed by atoms with E-state index in [1.165, 1.54) is 37.3 Å². The molecule has 1 aromatic carbocycles. The maximum Gasteiger partial charge on any atom is 0.169 e. The summed E-state index contributed by atoms with van der Waals surface area (Å²) in [6, 6.07) is 10.4. The van der Waals surface area contributed by atoms with Gasteiger partial charge in [-0.25, -0.2) is 0 Å². The zero-order valence-corrected chi connectivity index (χ0v) is 14.5. The summed E-state index contributed by atoms with van der Waals surface area (Å²) in [5.74, 6) is 1.69. The normalized spacial score (nSPS) is 20.6. The van der Waals surface area contributed by atoms with E-state index in [1.807, 2.05) is 24.5 Å². The smallest absolute Gasteiger partial charge is 0.169 e. The summed E-state index contributed by atoms with van der Waals surface area (Å²) in [7, 11) is 3.41. The lowest BCUT2D eigenvalue weighted by molar-refractivity contribution is -1.02. The first-order valence-corrected chi connectivity index (χ1v) is 8.56. The van der Waals surface area contributed by atoms with E-state index >= 15 is 0 Å². The van der Waals surface area contributed by atoms with Crippen LogP contribution in [0.5, 0.6) is 11.5 Å². The fraction of sp³-hybridized carbons (Fsp3) is 0.421. The molecule has 1 fully saturated rings. The molecule has 1 saturated heterocycles. The summed E-state index contributed by atoms with van der Waals surface area (Å²) in [6.45, 7) is 6.84. The number of methoxy groups -OCH3 is 2. The van der Waals surface area contributed by atoms with E-state index in [2.05, 4.69) is 23.2 Å². The fourth-order valence-corrected chi connectivity index (χ4v) is 3.46. The summed E-state index contributed by atoms with van der Waals surface area (Å²) in [5.41, 5.74) is 2.60. The standard InChI is InChI=1S/C19H25N3O2/c1-23-18-5-3-4-17(19(18)24-2)15-22-12-10-21(11-13-22)14-16-6-8-20-9-7-16/h3-9H,10-15H2,1-2H3/p+2. The van der Waals surface area contributed by atoms with Crippen LogP contribution >= 0.6 is 0 Å². The Bertz CT molecular complexity index is 640. The van der Waals surface area contributed by atoms with Crippen LogP contribution in [0.2, 0.25) is 0 Å². The Morgan fingerprint density at radius 1 is 0.875 bits per heavy atom. The van der Waals surface area contributed by atoms with Gasteiger partial charge in [0.25, 0.3) is 0 Å². The van der Waals surface area contributed by atoms with Crippen molar-refractivity contribution in [3.63, 3.8) is 0 Å². The van der Waals surface area contributed by atoms with Crippen molar-refractivity contribution in [1.29, 1.82) is 0 Å². The lowest BCUT2D eigenvalue weighted by atomic mass is 10.1. The van der Waals surface area contributed by atoms with Gasteiger partial charge in [-0.3, -0.25) is 4.98 Å². The van der Waals surface area contributed by atoms with Crippen LogP contribution in [0.4, 0.5) is 0 Å². The second-order valence-electron chi connectivity index (χ2n) is 6.36. The van der Waals surface area contributed by atoms with Gasteiger partial charge in [0.2, 0.25) is 0 Å². The number of ether oxygens (including phenoxy) is 2. The highest BCUT2D eigenvalue weighted by atomic mass is 16.5. The number of nitrogens with zero attached hydrogens (tertiary/aromatic N) is 1. The van der Waals surface area contributed by atoms with Gasteiger partial charge in [0.15, 0.2) is 11.5 Å². The molecule has 1 aromatic heterocycles. The van der Waals surface area contributed by atoms with Crippen LogP contribution < -0.4 is 19.3 Å². The molecular formula is C19H27N3O2+2. The number of hydrogen-bond donors (Lipinski definition) is 2. The number of aromatic nitrogens is 1. The Balaban J connectivity index is 1.56. The molecular weight excluding hydrogens is 302 g/mol. The highest BCUT2D eigenvalue weighted by Gasteiger charge is 2.24. The van der Waals surface area contributed by atoms with Crippen LogP contribution in [0.1, 0.15) is 11.1 Å². The van der Waals surface area contributed by atoms with Crippen molar-refractivity contribution in [2.75, 3.05) is 40.4 Å². The molecule has 0 spiro atoms. The predicted molar refractivity (Wildman–Crippen MR) is 92.6 cm³/mol. The maximum atomic E-state index is 5.56. The van der Waals surface area contributed by atoms with Gasteiger partial charge in [0.05, 0.1) is 19.8 Å². The van der Waals surface area contributed by atoms with Crippen molar-refractivity contribution in [3.05, 3.63) is 53.9 Å². The van der Waals surface area contributed by atoms with Gasteiger partial charge < -0.3 is 19.3 Å². The Hall–Kier alpha value is -2.11. The Morgan fingerprint density at radius 3 is 2.17 bits per heavy atom. The van der Waals surface area contributed by atoms with Crippen LogP contribution in [-0.4, -0.2) is 45.4 Å². The molecule has 5 nitrogen and oxygen atoms in total. The number of piperazine rings is 1. The molecule has 0 unspecified atom stereocenters. The Labute approximate surface area is 143 Å². The minimum Gasteiger partial charge on any atom is -0.493 e. The first kappa shape index (κ1) is 16.7. The minimum absolute atomic E-state index is 0.816. The van der Waals surface area contributed by atoms with Crippen LogP contribution in [-0.2, 0) is 13.1 Å². The lowest BCUT2D eigenvalue weighted by Gasteiger charge is -2.30. The Kier molecular flexibility index (Phi) is 5.67. The number of nitrogens with one attached hydrogen (secondary N) is 2. The fourth-order valence-electron chi connectivity index (χ4n) is 3.46. The van der Waals surface area contributed by atoms with Crippen molar-refractivity contribution >= 4 is 0 Å². The summed E-state index contributed by atoms with van der Waals surface area (Å²) in [5, 5.41) is 0. The van der Waals surface area contributed by atoms with Crippen LogP contribution in [0.15, 0.2) is 42.7 Å². The first-order valence-electron chi connectivity index (χ1n) is 8.56. The first-order chi connectivity index (χ1) is 11.8. The number of benzene rings is 1. The summed E-state index contributed by atoms with van der Waals surface area (Å²) < 4.78 is 11.0.